The van der Waals surface area contributed by atoms with Crippen LogP contribution in [-0.4, -0.2) is 57.1 Å². The van der Waals surface area contributed by atoms with Crippen LogP contribution in [0.15, 0.2) is 47.4 Å². The van der Waals surface area contributed by atoms with Crippen molar-refractivity contribution in [3.63, 3.8) is 0 Å². The molecule has 0 aliphatic carbocycles. The van der Waals surface area contributed by atoms with Gasteiger partial charge in [0.15, 0.2) is 15.0 Å². The summed E-state index contributed by atoms with van der Waals surface area (Å²) in [6.07, 6.45) is -0.0848. The summed E-state index contributed by atoms with van der Waals surface area (Å²) >= 11 is 1.46. The van der Waals surface area contributed by atoms with Crippen molar-refractivity contribution in [1.29, 1.82) is 0 Å². The lowest BCUT2D eigenvalue weighted by molar-refractivity contribution is -0.118. The fourth-order valence-corrected chi connectivity index (χ4v) is 5.35. The number of hydrogen-bond acceptors (Lipinski definition) is 6. The summed E-state index contributed by atoms with van der Waals surface area (Å²) < 4.78 is 26.3. The first-order chi connectivity index (χ1) is 14.2. The monoisotopic (exact) mass is 445 g/mol. The van der Waals surface area contributed by atoms with E-state index in [1.54, 1.807) is 29.2 Å². The first-order valence-corrected chi connectivity index (χ1v) is 12.2. The molecule has 160 valence electrons. The minimum Gasteiger partial charge on any atom is -0.308 e. The van der Waals surface area contributed by atoms with Crippen molar-refractivity contribution in [3.8, 4) is 0 Å². The Morgan fingerprint density at radius 1 is 1.03 bits per heavy atom. The number of amides is 1. The second-order valence-corrected chi connectivity index (χ2v) is 10.8. The van der Waals surface area contributed by atoms with E-state index in [0.717, 1.165) is 21.3 Å². The number of thiazole rings is 1. The molecule has 0 atom stereocenters. The molecule has 1 aromatic heterocycles. The Labute approximate surface area is 182 Å². The van der Waals surface area contributed by atoms with Crippen LogP contribution in [0.1, 0.15) is 17.5 Å². The summed E-state index contributed by atoms with van der Waals surface area (Å²) in [6, 6.07) is 12.7. The molecule has 2 aromatic carbocycles. The van der Waals surface area contributed by atoms with Crippen LogP contribution in [0.3, 0.4) is 0 Å². The Kier molecular flexibility index (Phi) is 6.90. The average molecular weight is 446 g/mol. The van der Waals surface area contributed by atoms with Gasteiger partial charge >= 0.3 is 0 Å². The number of hydrogen-bond donors (Lipinski definition) is 0. The van der Waals surface area contributed by atoms with Gasteiger partial charge in [-0.3, -0.25) is 9.69 Å². The largest absolute Gasteiger partial charge is 0.308 e. The molecule has 0 aliphatic rings. The van der Waals surface area contributed by atoms with Crippen LogP contribution in [0.5, 0.6) is 0 Å². The van der Waals surface area contributed by atoms with Gasteiger partial charge in [-0.05, 0) is 51.7 Å². The van der Waals surface area contributed by atoms with Gasteiger partial charge < -0.3 is 4.90 Å². The van der Waals surface area contributed by atoms with E-state index in [9.17, 15) is 13.2 Å². The molecule has 0 fully saturated rings. The lowest BCUT2D eigenvalue weighted by Gasteiger charge is -2.22. The minimum absolute atomic E-state index is 0.0848. The molecule has 0 N–H and O–H groups in total. The summed E-state index contributed by atoms with van der Waals surface area (Å²) in [5.74, 6) is -0.457. The Balaban J connectivity index is 1.81. The number of likely N-dealkylation sites (N-methyl/N-ethyl adjacent to an activating group) is 1. The van der Waals surface area contributed by atoms with Crippen molar-refractivity contribution < 1.29 is 13.2 Å². The van der Waals surface area contributed by atoms with Gasteiger partial charge in [0.05, 0.1) is 20.9 Å². The summed E-state index contributed by atoms with van der Waals surface area (Å²) in [5.41, 5.74) is 2.93. The average Bonchev–Trinajstić information content (AvgIpc) is 3.12. The highest BCUT2D eigenvalue weighted by atomic mass is 32.2. The van der Waals surface area contributed by atoms with Crippen LogP contribution in [0, 0.1) is 13.8 Å². The maximum Gasteiger partial charge on any atom is 0.229 e. The Bertz CT molecular complexity index is 1140. The summed E-state index contributed by atoms with van der Waals surface area (Å²) in [4.78, 5) is 21.6. The van der Waals surface area contributed by atoms with Crippen molar-refractivity contribution in [2.45, 2.75) is 25.2 Å². The number of anilines is 1. The molecule has 0 spiro atoms. The predicted molar refractivity (Wildman–Crippen MR) is 123 cm³/mol. The minimum atomic E-state index is -3.53. The van der Waals surface area contributed by atoms with Crippen molar-refractivity contribution >= 4 is 42.4 Å². The Morgan fingerprint density at radius 3 is 2.37 bits per heavy atom. The number of carbonyl (C=O) groups excluding carboxylic acids is 1. The molecule has 0 unspecified atom stereocenters. The second kappa shape index (κ2) is 9.24. The Morgan fingerprint density at radius 2 is 1.73 bits per heavy atom. The molecule has 6 nitrogen and oxygen atoms in total. The van der Waals surface area contributed by atoms with E-state index in [4.69, 9.17) is 0 Å². The number of nitrogens with zero attached hydrogens (tertiary/aromatic N) is 3. The number of carbonyl (C=O) groups is 1. The smallest absolute Gasteiger partial charge is 0.229 e. The van der Waals surface area contributed by atoms with Crippen molar-refractivity contribution in [2.24, 2.45) is 0 Å². The topological polar surface area (TPSA) is 70.6 Å². The van der Waals surface area contributed by atoms with Gasteiger partial charge in [0.2, 0.25) is 5.91 Å². The fraction of sp³-hybridized carbons (Fsp3) is 0.364. The normalized spacial score (nSPS) is 11.9. The molecule has 3 aromatic rings. The molecular weight excluding hydrogens is 418 g/mol. The summed E-state index contributed by atoms with van der Waals surface area (Å²) in [5, 5.41) is 0.610. The zero-order valence-electron chi connectivity index (χ0n) is 17.8. The van der Waals surface area contributed by atoms with E-state index < -0.39 is 9.84 Å². The van der Waals surface area contributed by atoms with E-state index in [0.29, 0.717) is 18.2 Å². The quantitative estimate of drug-likeness (QED) is 0.529. The number of benzene rings is 2. The zero-order chi connectivity index (χ0) is 21.9. The third-order valence-electron chi connectivity index (χ3n) is 4.88. The zero-order valence-corrected chi connectivity index (χ0v) is 19.4. The molecule has 1 amide bonds. The maximum atomic E-state index is 13.1. The van der Waals surface area contributed by atoms with Crippen molar-refractivity contribution in [3.05, 3.63) is 53.6 Å². The Hall–Kier alpha value is -2.29. The van der Waals surface area contributed by atoms with E-state index in [-0.39, 0.29) is 23.0 Å². The molecule has 0 saturated heterocycles. The molecule has 8 heteroatoms. The van der Waals surface area contributed by atoms with E-state index in [1.165, 1.54) is 11.3 Å². The number of rotatable bonds is 8. The van der Waals surface area contributed by atoms with Crippen LogP contribution in [0.25, 0.3) is 10.2 Å². The van der Waals surface area contributed by atoms with Crippen LogP contribution in [-0.2, 0) is 14.6 Å². The number of fused-ring (bicyclic) bond motifs is 1. The molecule has 0 radical (unpaired) electrons. The lowest BCUT2D eigenvalue weighted by atomic mass is 10.2. The third-order valence-corrected chi connectivity index (χ3v) is 7.65. The van der Waals surface area contributed by atoms with Crippen molar-refractivity contribution in [1.82, 2.24) is 9.88 Å². The second-order valence-electron chi connectivity index (χ2n) is 7.65. The van der Waals surface area contributed by atoms with Gasteiger partial charge in [0.25, 0.3) is 0 Å². The highest BCUT2D eigenvalue weighted by Gasteiger charge is 2.23. The lowest BCUT2D eigenvalue weighted by Crippen LogP contribution is -2.37. The molecular formula is C22H27N3O3S2. The first kappa shape index (κ1) is 22.4. The highest BCUT2D eigenvalue weighted by Crippen LogP contribution is 2.31. The highest BCUT2D eigenvalue weighted by molar-refractivity contribution is 7.91. The first-order valence-electron chi connectivity index (χ1n) is 9.78. The SMILES string of the molecule is Cc1ccc(S(=O)(=O)CCC(=O)N(CCN(C)C)c2nc3c(C)cccc3s2)cc1. The molecule has 0 aliphatic heterocycles. The number of aromatic nitrogens is 1. The van der Waals surface area contributed by atoms with Crippen LogP contribution < -0.4 is 4.90 Å². The molecule has 3 rings (SSSR count). The fourth-order valence-electron chi connectivity index (χ4n) is 3.04. The van der Waals surface area contributed by atoms with Crippen molar-refractivity contribution in [2.75, 3.05) is 37.8 Å². The van der Waals surface area contributed by atoms with E-state index >= 15 is 0 Å². The van der Waals surface area contributed by atoms with Crippen LogP contribution in [0.4, 0.5) is 5.13 Å². The summed E-state index contributed by atoms with van der Waals surface area (Å²) in [7, 11) is 0.350. The maximum absolute atomic E-state index is 13.1. The van der Waals surface area contributed by atoms with Crippen LogP contribution in [0.2, 0.25) is 0 Å². The van der Waals surface area contributed by atoms with E-state index in [1.807, 2.05) is 51.0 Å². The molecule has 30 heavy (non-hydrogen) atoms. The molecule has 0 saturated carbocycles. The van der Waals surface area contributed by atoms with Gasteiger partial charge in [0, 0.05) is 19.5 Å². The number of para-hydroxylation sites is 1. The van der Waals surface area contributed by atoms with Crippen LogP contribution >= 0.6 is 11.3 Å². The van der Waals surface area contributed by atoms with Gasteiger partial charge in [-0.25, -0.2) is 13.4 Å². The van der Waals surface area contributed by atoms with Gasteiger partial charge in [-0.1, -0.05) is 41.2 Å². The molecule has 1 heterocycles. The molecule has 0 bridgehead atoms. The van der Waals surface area contributed by atoms with Gasteiger partial charge in [-0.15, -0.1) is 0 Å². The number of sulfone groups is 1. The van der Waals surface area contributed by atoms with Gasteiger partial charge in [0.1, 0.15) is 0 Å². The van der Waals surface area contributed by atoms with E-state index in [2.05, 4.69) is 4.98 Å². The number of aryl methyl sites for hydroxylation is 2. The summed E-state index contributed by atoms with van der Waals surface area (Å²) in [6.45, 7) is 5.01. The standard InChI is InChI=1S/C22H27N3O3S2/c1-16-8-10-18(11-9-16)30(27,28)15-12-20(26)25(14-13-24(3)4)22-23-21-17(2)6-5-7-19(21)29-22/h5-11H,12-15H2,1-4H3. The predicted octanol–water partition coefficient (Wildman–Crippen LogP) is 3.67. The third kappa shape index (κ3) is 5.24. The van der Waals surface area contributed by atoms with Gasteiger partial charge in [-0.2, -0.15) is 0 Å².